The first kappa shape index (κ1) is 17.3. The molecule has 0 spiro atoms. The quantitative estimate of drug-likeness (QED) is 0.846. The van der Waals surface area contributed by atoms with E-state index in [0.29, 0.717) is 30.8 Å². The van der Waals surface area contributed by atoms with Crippen molar-refractivity contribution in [2.75, 3.05) is 13.1 Å². The van der Waals surface area contributed by atoms with Gasteiger partial charge in [-0.15, -0.1) is 0 Å². The molecule has 5 heteroatoms. The van der Waals surface area contributed by atoms with Gasteiger partial charge in [0.2, 0.25) is 5.91 Å². The normalized spacial score (nSPS) is 21.7. The molecule has 0 radical (unpaired) electrons. The van der Waals surface area contributed by atoms with Gasteiger partial charge in [0, 0.05) is 31.2 Å². The summed E-state index contributed by atoms with van der Waals surface area (Å²) in [6, 6.07) is 18.9. The molecule has 3 heterocycles. The number of fused-ring (bicyclic) bond motifs is 4. The molecule has 2 atom stereocenters. The van der Waals surface area contributed by atoms with Crippen LogP contribution in [-0.2, 0) is 11.3 Å². The topological polar surface area (TPSA) is 64.4 Å². The summed E-state index contributed by atoms with van der Waals surface area (Å²) in [6.07, 6.45) is 1.75. The van der Waals surface area contributed by atoms with Gasteiger partial charge >= 0.3 is 0 Å². The smallest absolute Gasteiger partial charge is 0.253 e. The minimum Gasteiger partial charge on any atom is -0.336 e. The van der Waals surface area contributed by atoms with Crippen LogP contribution in [-0.4, -0.2) is 40.7 Å². The molecule has 3 aliphatic heterocycles. The second-order valence-corrected chi connectivity index (χ2v) is 7.28. The Morgan fingerprint density at radius 1 is 1.07 bits per heavy atom. The van der Waals surface area contributed by atoms with E-state index in [1.54, 1.807) is 29.2 Å². The molecule has 3 aliphatic rings. The largest absolute Gasteiger partial charge is 0.336 e. The van der Waals surface area contributed by atoms with E-state index in [0.717, 1.165) is 18.4 Å². The molecular formula is C22H21N3O2. The summed E-state index contributed by atoms with van der Waals surface area (Å²) < 4.78 is 0. The summed E-state index contributed by atoms with van der Waals surface area (Å²) in [6.45, 7) is 1.59. The summed E-state index contributed by atoms with van der Waals surface area (Å²) in [5.74, 6) is -0.0925. The molecule has 2 aromatic carbocycles. The molecule has 0 N–H and O–H groups in total. The molecule has 3 fully saturated rings. The third-order valence-electron chi connectivity index (χ3n) is 5.51. The van der Waals surface area contributed by atoms with Gasteiger partial charge in [0.05, 0.1) is 17.6 Å². The summed E-state index contributed by atoms with van der Waals surface area (Å²) in [7, 11) is 0. The van der Waals surface area contributed by atoms with Crippen LogP contribution in [0.2, 0.25) is 0 Å². The number of hydrogen-bond donors (Lipinski definition) is 0. The number of rotatable bonds is 3. The number of piperidine rings is 1. The van der Waals surface area contributed by atoms with Gasteiger partial charge in [0.1, 0.15) is 0 Å². The lowest BCUT2D eigenvalue weighted by Crippen LogP contribution is -2.47. The lowest BCUT2D eigenvalue weighted by atomic mass is 9.93. The number of carbonyl (C=O) groups excluding carboxylic acids is 2. The van der Waals surface area contributed by atoms with Crippen molar-refractivity contribution in [1.29, 1.82) is 5.26 Å². The molecule has 5 nitrogen and oxygen atoms in total. The van der Waals surface area contributed by atoms with Crippen LogP contribution < -0.4 is 0 Å². The van der Waals surface area contributed by atoms with Crippen molar-refractivity contribution < 1.29 is 9.59 Å². The van der Waals surface area contributed by atoms with Gasteiger partial charge in [-0.3, -0.25) is 9.59 Å². The van der Waals surface area contributed by atoms with E-state index in [1.165, 1.54) is 0 Å². The number of nitrogens with zero attached hydrogens (tertiary/aromatic N) is 3. The van der Waals surface area contributed by atoms with Gasteiger partial charge in [-0.25, -0.2) is 0 Å². The number of amides is 2. The highest BCUT2D eigenvalue weighted by molar-refractivity contribution is 5.95. The Hall–Kier alpha value is -3.13. The maximum absolute atomic E-state index is 13.0. The number of hydrogen-bond acceptors (Lipinski definition) is 3. The summed E-state index contributed by atoms with van der Waals surface area (Å²) >= 11 is 0. The highest BCUT2D eigenvalue weighted by Gasteiger charge is 2.41. The van der Waals surface area contributed by atoms with Crippen LogP contribution in [0.4, 0.5) is 0 Å². The molecule has 0 saturated carbocycles. The molecule has 2 amide bonds. The standard InChI is InChI=1S/C22H21N3O2/c23-12-17-7-4-8-18(11-17)21(26)24-14-19-9-10-20(15-24)25(22(19)27)13-16-5-2-1-3-6-16/h1-8,11,19-20H,9-10,13-15H2/t19-,20+/m0/s1. The number of nitriles is 1. The fourth-order valence-corrected chi connectivity index (χ4v) is 4.10. The molecule has 27 heavy (non-hydrogen) atoms. The first-order valence-electron chi connectivity index (χ1n) is 9.29. The van der Waals surface area contributed by atoms with E-state index >= 15 is 0 Å². The second kappa shape index (κ2) is 7.24. The van der Waals surface area contributed by atoms with Crippen molar-refractivity contribution in [3.63, 3.8) is 0 Å². The van der Waals surface area contributed by atoms with E-state index in [-0.39, 0.29) is 23.8 Å². The number of benzene rings is 2. The van der Waals surface area contributed by atoms with E-state index in [2.05, 4.69) is 6.07 Å². The average Bonchev–Trinajstić information content (AvgIpc) is 3.01. The highest BCUT2D eigenvalue weighted by atomic mass is 16.2. The predicted molar refractivity (Wildman–Crippen MR) is 101 cm³/mol. The third kappa shape index (κ3) is 3.43. The first-order chi connectivity index (χ1) is 13.2. The van der Waals surface area contributed by atoms with E-state index in [1.807, 2.05) is 35.2 Å². The zero-order chi connectivity index (χ0) is 18.8. The van der Waals surface area contributed by atoms with Gasteiger partial charge in [-0.2, -0.15) is 5.26 Å². The second-order valence-electron chi connectivity index (χ2n) is 7.28. The van der Waals surface area contributed by atoms with E-state index < -0.39 is 0 Å². The lowest BCUT2D eigenvalue weighted by Gasteiger charge is -2.36. The fourth-order valence-electron chi connectivity index (χ4n) is 4.10. The van der Waals surface area contributed by atoms with Crippen LogP contribution in [0.15, 0.2) is 54.6 Å². The Bertz CT molecular complexity index is 903. The van der Waals surface area contributed by atoms with Crippen LogP contribution in [0, 0.1) is 17.2 Å². The molecule has 0 aliphatic carbocycles. The van der Waals surface area contributed by atoms with Gasteiger partial charge in [0.25, 0.3) is 5.91 Å². The Morgan fingerprint density at radius 3 is 2.67 bits per heavy atom. The van der Waals surface area contributed by atoms with E-state index in [4.69, 9.17) is 5.26 Å². The summed E-state index contributed by atoms with van der Waals surface area (Å²) in [5.41, 5.74) is 2.09. The molecular weight excluding hydrogens is 338 g/mol. The van der Waals surface area contributed by atoms with Crippen LogP contribution in [0.1, 0.15) is 34.3 Å². The van der Waals surface area contributed by atoms with Gasteiger partial charge in [-0.05, 0) is 36.6 Å². The maximum atomic E-state index is 13.0. The van der Waals surface area contributed by atoms with Crippen LogP contribution in [0.5, 0.6) is 0 Å². The molecule has 0 aromatic heterocycles. The lowest BCUT2D eigenvalue weighted by molar-refractivity contribution is -0.140. The summed E-state index contributed by atoms with van der Waals surface area (Å²) in [4.78, 5) is 29.7. The molecule has 136 valence electrons. The monoisotopic (exact) mass is 359 g/mol. The molecule has 0 unspecified atom stereocenters. The van der Waals surface area contributed by atoms with E-state index in [9.17, 15) is 9.59 Å². The van der Waals surface area contributed by atoms with Crippen molar-refractivity contribution in [2.24, 2.45) is 5.92 Å². The SMILES string of the molecule is N#Cc1cccc(C(=O)N2C[C@@H]3CC[C@H](C2)N(Cc2ccccc2)C3=O)c1. The first-order valence-corrected chi connectivity index (χ1v) is 9.29. The Labute approximate surface area is 158 Å². The average molecular weight is 359 g/mol. The van der Waals surface area contributed by atoms with Crippen molar-refractivity contribution in [3.05, 3.63) is 71.3 Å². The molecule has 2 bridgehead atoms. The Morgan fingerprint density at radius 2 is 1.89 bits per heavy atom. The minimum atomic E-state index is -0.143. The maximum Gasteiger partial charge on any atom is 0.253 e. The van der Waals surface area contributed by atoms with Crippen LogP contribution >= 0.6 is 0 Å². The van der Waals surface area contributed by atoms with Crippen molar-refractivity contribution in [3.8, 4) is 6.07 Å². The Kier molecular flexibility index (Phi) is 4.64. The molecule has 5 rings (SSSR count). The zero-order valence-corrected chi connectivity index (χ0v) is 15.0. The summed E-state index contributed by atoms with van der Waals surface area (Å²) in [5, 5.41) is 9.08. The molecule has 2 aromatic rings. The number of carbonyl (C=O) groups is 2. The van der Waals surface area contributed by atoms with Gasteiger partial charge in [0.15, 0.2) is 0 Å². The van der Waals surface area contributed by atoms with Crippen molar-refractivity contribution >= 4 is 11.8 Å². The fraction of sp³-hybridized carbons (Fsp3) is 0.318. The van der Waals surface area contributed by atoms with Crippen LogP contribution in [0.3, 0.4) is 0 Å². The zero-order valence-electron chi connectivity index (χ0n) is 15.0. The minimum absolute atomic E-state index is 0.0413. The van der Waals surface area contributed by atoms with Gasteiger partial charge in [-0.1, -0.05) is 36.4 Å². The third-order valence-corrected chi connectivity index (χ3v) is 5.51. The molecule has 3 saturated heterocycles. The van der Waals surface area contributed by atoms with Crippen molar-refractivity contribution in [1.82, 2.24) is 9.80 Å². The van der Waals surface area contributed by atoms with Crippen molar-refractivity contribution in [2.45, 2.75) is 25.4 Å². The van der Waals surface area contributed by atoms with Crippen LogP contribution in [0.25, 0.3) is 0 Å². The predicted octanol–water partition coefficient (Wildman–Crippen LogP) is 2.82. The highest BCUT2D eigenvalue weighted by Crippen LogP contribution is 2.31. The Balaban J connectivity index is 1.56. The van der Waals surface area contributed by atoms with Gasteiger partial charge < -0.3 is 9.80 Å².